The predicted octanol–water partition coefficient (Wildman–Crippen LogP) is 3.17. The molecule has 0 aliphatic heterocycles. The molecule has 2 N–H and O–H groups in total. The van der Waals surface area contributed by atoms with Gasteiger partial charge in [-0.3, -0.25) is 4.99 Å². The van der Waals surface area contributed by atoms with Gasteiger partial charge in [0.2, 0.25) is 0 Å². The summed E-state index contributed by atoms with van der Waals surface area (Å²) in [6.07, 6.45) is 0. The molecule has 0 fully saturated rings. The van der Waals surface area contributed by atoms with Crippen LogP contribution in [0.2, 0.25) is 0 Å². The highest BCUT2D eigenvalue weighted by atomic mass is 127. The van der Waals surface area contributed by atoms with Crippen LogP contribution >= 0.6 is 24.0 Å². The number of aliphatic imine (C=N–C) groups is 1. The highest BCUT2D eigenvalue weighted by Gasteiger charge is 2.14. The van der Waals surface area contributed by atoms with E-state index in [2.05, 4.69) is 15.6 Å². The Balaban J connectivity index is 0.00000392. The smallest absolute Gasteiger partial charge is 0.195 e. The summed E-state index contributed by atoms with van der Waals surface area (Å²) < 4.78 is 35.5. The third-order valence-corrected chi connectivity index (χ3v) is 5.45. The first kappa shape index (κ1) is 24.0. The molecule has 0 atom stereocenters. The summed E-state index contributed by atoms with van der Waals surface area (Å²) in [5.74, 6) is 1.68. The van der Waals surface area contributed by atoms with E-state index in [1.54, 1.807) is 56.6 Å². The van der Waals surface area contributed by atoms with E-state index in [0.717, 1.165) is 5.69 Å². The number of sulfone groups is 1. The lowest BCUT2D eigenvalue weighted by molar-refractivity contribution is 0.311. The monoisotopic (exact) mass is 519 g/mol. The molecule has 0 aliphatic rings. The van der Waals surface area contributed by atoms with E-state index >= 15 is 0 Å². The Labute approximate surface area is 183 Å². The second-order valence-electron chi connectivity index (χ2n) is 5.55. The van der Waals surface area contributed by atoms with Gasteiger partial charge in [0.05, 0.1) is 24.4 Å². The molecule has 0 amide bonds. The molecular formula is C19H26IN3O4S. The lowest BCUT2D eigenvalue weighted by atomic mass is 10.2. The Hall–Kier alpha value is -2.01. The SMILES string of the molecule is CCOc1cc(NC(=NC)NCCS(=O)(=O)c2ccccc2)ccc1OC.I. The van der Waals surface area contributed by atoms with Crippen LogP contribution in [-0.4, -0.2) is 47.4 Å². The van der Waals surface area contributed by atoms with E-state index in [-0.39, 0.29) is 36.3 Å². The predicted molar refractivity (Wildman–Crippen MR) is 123 cm³/mol. The van der Waals surface area contributed by atoms with Crippen LogP contribution in [0.5, 0.6) is 11.5 Å². The van der Waals surface area contributed by atoms with Crippen molar-refractivity contribution in [1.82, 2.24) is 5.32 Å². The summed E-state index contributed by atoms with van der Waals surface area (Å²) in [6, 6.07) is 13.8. The molecule has 0 saturated carbocycles. The molecule has 0 spiro atoms. The van der Waals surface area contributed by atoms with Crippen molar-refractivity contribution in [2.24, 2.45) is 4.99 Å². The number of hydrogen-bond acceptors (Lipinski definition) is 5. The van der Waals surface area contributed by atoms with Gasteiger partial charge in [-0.2, -0.15) is 0 Å². The third kappa shape index (κ3) is 6.86. The van der Waals surface area contributed by atoms with Gasteiger partial charge in [-0.05, 0) is 31.2 Å². The van der Waals surface area contributed by atoms with Crippen LogP contribution in [0.25, 0.3) is 0 Å². The first-order valence-electron chi connectivity index (χ1n) is 8.56. The lowest BCUT2D eigenvalue weighted by Crippen LogP contribution is -2.34. The molecule has 2 aromatic carbocycles. The number of ether oxygens (including phenoxy) is 2. The number of nitrogens with one attached hydrogen (secondary N) is 2. The summed E-state index contributed by atoms with van der Waals surface area (Å²) in [4.78, 5) is 4.43. The van der Waals surface area contributed by atoms with E-state index in [1.807, 2.05) is 13.0 Å². The molecule has 9 heteroatoms. The summed E-state index contributed by atoms with van der Waals surface area (Å²) in [5, 5.41) is 6.12. The third-order valence-electron chi connectivity index (χ3n) is 3.72. The number of methoxy groups -OCH3 is 1. The molecule has 0 aliphatic carbocycles. The fourth-order valence-corrected chi connectivity index (χ4v) is 3.57. The number of benzene rings is 2. The van der Waals surface area contributed by atoms with Crippen molar-refractivity contribution in [2.45, 2.75) is 11.8 Å². The summed E-state index contributed by atoms with van der Waals surface area (Å²) in [6.45, 7) is 2.64. The topological polar surface area (TPSA) is 89.0 Å². The fraction of sp³-hybridized carbons (Fsp3) is 0.316. The van der Waals surface area contributed by atoms with Gasteiger partial charge in [-0.25, -0.2) is 8.42 Å². The molecule has 2 aromatic rings. The number of nitrogens with zero attached hydrogens (tertiary/aromatic N) is 1. The zero-order chi connectivity index (χ0) is 19.7. The first-order valence-corrected chi connectivity index (χ1v) is 10.2. The van der Waals surface area contributed by atoms with E-state index in [4.69, 9.17) is 9.47 Å². The maximum absolute atomic E-state index is 12.3. The van der Waals surface area contributed by atoms with Crippen molar-refractivity contribution in [2.75, 3.05) is 38.4 Å². The van der Waals surface area contributed by atoms with Crippen LogP contribution in [0, 0.1) is 0 Å². The molecule has 7 nitrogen and oxygen atoms in total. The second-order valence-corrected chi connectivity index (χ2v) is 7.66. The molecule has 0 unspecified atom stereocenters. The van der Waals surface area contributed by atoms with Crippen LogP contribution in [0.15, 0.2) is 58.4 Å². The van der Waals surface area contributed by atoms with E-state index in [0.29, 0.717) is 29.0 Å². The molecule has 0 aromatic heterocycles. The molecule has 0 bridgehead atoms. The fourth-order valence-electron chi connectivity index (χ4n) is 2.39. The minimum absolute atomic E-state index is 0. The summed E-state index contributed by atoms with van der Waals surface area (Å²) in [5.41, 5.74) is 0.748. The highest BCUT2D eigenvalue weighted by molar-refractivity contribution is 14.0. The Bertz CT molecular complexity index is 874. The molecule has 0 radical (unpaired) electrons. The Morgan fingerprint density at radius 1 is 1.11 bits per heavy atom. The normalized spacial score (nSPS) is 11.3. The van der Waals surface area contributed by atoms with Crippen molar-refractivity contribution in [3.8, 4) is 11.5 Å². The second kappa shape index (κ2) is 11.7. The van der Waals surface area contributed by atoms with Crippen molar-refractivity contribution >= 4 is 45.5 Å². The van der Waals surface area contributed by atoms with Crippen LogP contribution in [-0.2, 0) is 9.84 Å². The molecule has 0 heterocycles. The highest BCUT2D eigenvalue weighted by Crippen LogP contribution is 2.30. The first-order chi connectivity index (χ1) is 13.0. The number of halogens is 1. The van der Waals surface area contributed by atoms with Gasteiger partial charge in [0.25, 0.3) is 0 Å². The minimum Gasteiger partial charge on any atom is -0.493 e. The van der Waals surface area contributed by atoms with Crippen LogP contribution in [0.3, 0.4) is 0 Å². The van der Waals surface area contributed by atoms with Crippen molar-refractivity contribution in [1.29, 1.82) is 0 Å². The van der Waals surface area contributed by atoms with Crippen LogP contribution in [0.1, 0.15) is 6.92 Å². The van der Waals surface area contributed by atoms with Gasteiger partial charge in [-0.15, -0.1) is 24.0 Å². The zero-order valence-electron chi connectivity index (χ0n) is 16.1. The van der Waals surface area contributed by atoms with Crippen molar-refractivity contribution in [3.05, 3.63) is 48.5 Å². The number of hydrogen-bond donors (Lipinski definition) is 2. The van der Waals surface area contributed by atoms with Crippen molar-refractivity contribution in [3.63, 3.8) is 0 Å². The standard InChI is InChI=1S/C19H25N3O4S.HI/c1-4-26-18-14-15(10-11-17(18)25-3)22-19(20-2)21-12-13-27(23,24)16-8-6-5-7-9-16;/h5-11,14H,4,12-13H2,1-3H3,(H2,20,21,22);1H. The van der Waals surface area contributed by atoms with Gasteiger partial charge in [0, 0.05) is 25.3 Å². The van der Waals surface area contributed by atoms with Crippen molar-refractivity contribution < 1.29 is 17.9 Å². The van der Waals surface area contributed by atoms with E-state index in [1.165, 1.54) is 0 Å². The Morgan fingerprint density at radius 3 is 2.43 bits per heavy atom. The van der Waals surface area contributed by atoms with Gasteiger partial charge in [0.1, 0.15) is 0 Å². The number of anilines is 1. The maximum Gasteiger partial charge on any atom is 0.195 e. The van der Waals surface area contributed by atoms with Gasteiger partial charge in [-0.1, -0.05) is 18.2 Å². The lowest BCUT2D eigenvalue weighted by Gasteiger charge is -2.14. The average Bonchev–Trinajstić information content (AvgIpc) is 2.68. The quantitative estimate of drug-likeness (QED) is 0.317. The molecule has 2 rings (SSSR count). The minimum atomic E-state index is -3.34. The van der Waals surface area contributed by atoms with Gasteiger partial charge >= 0.3 is 0 Å². The number of rotatable bonds is 8. The van der Waals surface area contributed by atoms with Gasteiger partial charge < -0.3 is 20.1 Å². The molecule has 28 heavy (non-hydrogen) atoms. The largest absolute Gasteiger partial charge is 0.493 e. The average molecular weight is 519 g/mol. The molecule has 0 saturated heterocycles. The van der Waals surface area contributed by atoms with E-state index < -0.39 is 9.84 Å². The van der Waals surface area contributed by atoms with Crippen LogP contribution in [0.4, 0.5) is 5.69 Å². The summed E-state index contributed by atoms with van der Waals surface area (Å²) in [7, 11) is -0.141. The maximum atomic E-state index is 12.3. The van der Waals surface area contributed by atoms with Crippen LogP contribution < -0.4 is 20.1 Å². The summed E-state index contributed by atoms with van der Waals surface area (Å²) >= 11 is 0. The van der Waals surface area contributed by atoms with E-state index in [9.17, 15) is 8.42 Å². The zero-order valence-corrected chi connectivity index (χ0v) is 19.3. The molecule has 154 valence electrons. The Kier molecular flexibility index (Phi) is 10.1. The van der Waals surface area contributed by atoms with Gasteiger partial charge in [0.15, 0.2) is 27.3 Å². The molecular weight excluding hydrogens is 493 g/mol. The Morgan fingerprint density at radius 2 is 1.82 bits per heavy atom. The number of guanidine groups is 1.